The molecule has 0 saturated heterocycles. The number of hydrogen-bond donors (Lipinski definition) is 0. The van der Waals surface area contributed by atoms with E-state index in [1.807, 2.05) is 19.3 Å². The predicted molar refractivity (Wildman–Crippen MR) is 252 cm³/mol. The van der Waals surface area contributed by atoms with Gasteiger partial charge in [-0.15, -0.1) is 47.0 Å². The summed E-state index contributed by atoms with van der Waals surface area (Å²) >= 11 is 0. The minimum Gasteiger partial charge on any atom is -0.510 e. The molecule has 1 aliphatic rings. The van der Waals surface area contributed by atoms with Gasteiger partial charge in [0.15, 0.2) is 0 Å². The van der Waals surface area contributed by atoms with Gasteiger partial charge >= 0.3 is 0 Å². The van der Waals surface area contributed by atoms with E-state index < -0.39 is 0 Å². The number of aryl methyl sites for hydroxylation is 3. The number of benzene rings is 5. The van der Waals surface area contributed by atoms with Crippen LogP contribution in [0.1, 0.15) is 119 Å². The van der Waals surface area contributed by atoms with Crippen molar-refractivity contribution in [3.05, 3.63) is 155 Å². The van der Waals surface area contributed by atoms with Crippen LogP contribution in [0.3, 0.4) is 0 Å². The molecule has 0 radical (unpaired) electrons. The molecule has 5 aromatic carbocycles. The molecule has 5 nitrogen and oxygen atoms in total. The largest absolute Gasteiger partial charge is 0.510 e. The topological polar surface area (TPSA) is 33.5 Å². The van der Waals surface area contributed by atoms with E-state index in [-0.39, 0.29) is 26.5 Å². The molecule has 0 spiro atoms. The van der Waals surface area contributed by atoms with Crippen LogP contribution in [-0.2, 0) is 26.5 Å². The van der Waals surface area contributed by atoms with Crippen molar-refractivity contribution in [1.82, 2.24) is 14.5 Å². The van der Waals surface area contributed by atoms with E-state index in [9.17, 15) is 0 Å². The zero-order valence-corrected chi connectivity index (χ0v) is 40.3. The van der Waals surface area contributed by atoms with Gasteiger partial charge in [-0.25, -0.2) is 4.98 Å². The van der Waals surface area contributed by atoms with E-state index in [4.69, 9.17) is 9.72 Å². The third-order valence-corrected chi connectivity index (χ3v) is 12.0. The number of aromatic nitrogens is 2. The van der Waals surface area contributed by atoms with Crippen molar-refractivity contribution < 1.29 is 25.8 Å². The summed E-state index contributed by atoms with van der Waals surface area (Å²) in [7, 11) is 2.04. The van der Waals surface area contributed by atoms with Crippen LogP contribution in [0.25, 0.3) is 49.9 Å². The first-order valence-corrected chi connectivity index (χ1v) is 21.5. The summed E-state index contributed by atoms with van der Waals surface area (Å²) in [5.74, 6) is 3.20. The number of hydrogen-bond acceptors (Lipinski definition) is 4. The Morgan fingerprint density at radius 1 is 0.705 bits per heavy atom. The van der Waals surface area contributed by atoms with Crippen molar-refractivity contribution in [2.24, 2.45) is 0 Å². The Kier molecular flexibility index (Phi) is 12.2. The van der Waals surface area contributed by atoms with E-state index in [1.165, 1.54) is 55.6 Å². The maximum absolute atomic E-state index is 6.95. The van der Waals surface area contributed by atoms with Gasteiger partial charge in [0.25, 0.3) is 0 Å². The van der Waals surface area contributed by atoms with Crippen LogP contribution >= 0.6 is 0 Å². The number of ether oxygens (including phenoxy) is 1. The van der Waals surface area contributed by atoms with Crippen LogP contribution in [0, 0.1) is 39.6 Å². The van der Waals surface area contributed by atoms with Gasteiger partial charge in [0.05, 0.1) is 0 Å². The summed E-state index contributed by atoms with van der Waals surface area (Å²) in [5, 5.41) is 2.24. The standard InChI is InChI=1S/C55H59N4O.Pt/c1-33(2)39-27-48(34(3)4)53(49(28-39)35(5)6)40-25-42(58-22-21-57(13)32-58)30-44(26-40)60-43-17-18-45-46-15-14-16-47(52-37(8)23-36(7)24-38(52)9)54(46)59(50(45)31-43)51-29-41(19-20-56-51)55(10,11)12;/h14-29,32-35H,1-13H3;/q-3;. The van der Waals surface area contributed by atoms with Gasteiger partial charge in [-0.05, 0) is 125 Å². The first-order valence-electron chi connectivity index (χ1n) is 21.5. The number of nitrogens with zero attached hydrogens (tertiary/aromatic N) is 4. The van der Waals surface area contributed by atoms with Gasteiger partial charge < -0.3 is 19.1 Å². The molecule has 7 aromatic rings. The molecule has 0 atom stereocenters. The normalized spacial score (nSPS) is 13.1. The number of pyridine rings is 1. The van der Waals surface area contributed by atoms with Gasteiger partial charge in [-0.3, -0.25) is 0 Å². The van der Waals surface area contributed by atoms with E-state index in [2.05, 4.69) is 201 Å². The average molecular weight is 987 g/mol. The van der Waals surface area contributed by atoms with Crippen LogP contribution in [0.4, 0.5) is 5.69 Å². The molecule has 8 rings (SSSR count). The van der Waals surface area contributed by atoms with Crippen molar-refractivity contribution in [3.8, 4) is 39.6 Å². The minimum atomic E-state index is -0.0588. The molecule has 0 fully saturated rings. The van der Waals surface area contributed by atoms with Crippen molar-refractivity contribution in [2.45, 2.75) is 106 Å². The summed E-state index contributed by atoms with van der Waals surface area (Å²) in [5.41, 5.74) is 16.8. The SMILES string of the molecule is Cc1cc(C)c(-c2cccc3c4ccc(Oc5[c-]c(N6C=CN(C)[CH-]6)cc(-c6c(C(C)C)cc(C(C)C)cc6C(C)C)c5)[c-]c4n(-c4cc(C(C)(C)C)ccn4)c23)c(C)c1.[Pt]. The first-order chi connectivity index (χ1) is 28.5. The molecule has 6 heteroatoms. The number of rotatable bonds is 9. The van der Waals surface area contributed by atoms with E-state index in [0.29, 0.717) is 29.3 Å². The Morgan fingerprint density at radius 3 is 2.00 bits per heavy atom. The minimum absolute atomic E-state index is 0. The third kappa shape index (κ3) is 8.43. The predicted octanol–water partition coefficient (Wildman–Crippen LogP) is 14.8. The summed E-state index contributed by atoms with van der Waals surface area (Å²) in [6.07, 6.45) is 6.06. The average Bonchev–Trinajstić information content (AvgIpc) is 3.77. The molecule has 0 N–H and O–H groups in total. The molecule has 2 aromatic heterocycles. The van der Waals surface area contributed by atoms with E-state index in [1.54, 1.807) is 0 Å². The van der Waals surface area contributed by atoms with Crippen molar-refractivity contribution in [2.75, 3.05) is 11.9 Å². The Balaban J connectivity index is 0.00000561. The fraction of sp³-hybridized carbons (Fsp3) is 0.309. The molecular weight excluding hydrogens is 928 g/mol. The van der Waals surface area contributed by atoms with Crippen molar-refractivity contribution >= 4 is 27.5 Å². The second-order valence-electron chi connectivity index (χ2n) is 18.8. The van der Waals surface area contributed by atoms with Crippen LogP contribution in [-0.4, -0.2) is 21.5 Å². The molecule has 61 heavy (non-hydrogen) atoms. The molecule has 1 aliphatic heterocycles. The molecule has 318 valence electrons. The fourth-order valence-corrected chi connectivity index (χ4v) is 8.94. The number of anilines is 1. The van der Waals surface area contributed by atoms with Crippen LogP contribution < -0.4 is 9.64 Å². The number of para-hydroxylation sites is 1. The number of fused-ring (bicyclic) bond motifs is 3. The third-order valence-electron chi connectivity index (χ3n) is 12.0. The second-order valence-corrected chi connectivity index (χ2v) is 18.8. The van der Waals surface area contributed by atoms with Gasteiger partial charge in [0.2, 0.25) is 0 Å². The van der Waals surface area contributed by atoms with Gasteiger partial charge in [-0.1, -0.05) is 116 Å². The van der Waals surface area contributed by atoms with Crippen LogP contribution in [0.2, 0.25) is 0 Å². The van der Waals surface area contributed by atoms with Crippen LogP contribution in [0.5, 0.6) is 11.5 Å². The first kappa shape index (κ1) is 44.0. The van der Waals surface area contributed by atoms with Crippen molar-refractivity contribution in [1.29, 1.82) is 0 Å². The summed E-state index contributed by atoms with van der Waals surface area (Å²) < 4.78 is 9.24. The smallest absolute Gasteiger partial charge is 0.135 e. The Hall–Kier alpha value is -5.12. The molecule has 0 unspecified atom stereocenters. The fourth-order valence-electron chi connectivity index (χ4n) is 8.94. The summed E-state index contributed by atoms with van der Waals surface area (Å²) in [4.78, 5) is 9.21. The zero-order valence-electron chi connectivity index (χ0n) is 38.1. The van der Waals surface area contributed by atoms with Gasteiger partial charge in [-0.2, -0.15) is 12.7 Å². The van der Waals surface area contributed by atoms with Gasteiger partial charge in [0, 0.05) is 49.8 Å². The maximum atomic E-state index is 6.95. The Bertz CT molecular complexity index is 2750. The summed E-state index contributed by atoms with van der Waals surface area (Å²) in [6.45, 7) is 29.2. The van der Waals surface area contributed by atoms with Crippen molar-refractivity contribution in [3.63, 3.8) is 0 Å². The molecule has 0 saturated carbocycles. The Morgan fingerprint density at radius 2 is 1.39 bits per heavy atom. The van der Waals surface area contributed by atoms with Gasteiger partial charge in [0.1, 0.15) is 5.82 Å². The molecule has 0 amide bonds. The molecule has 0 aliphatic carbocycles. The monoisotopic (exact) mass is 986 g/mol. The Labute approximate surface area is 378 Å². The van der Waals surface area contributed by atoms with E-state index in [0.717, 1.165) is 38.9 Å². The maximum Gasteiger partial charge on any atom is 0.135 e. The molecular formula is C55H59N4OPt-3. The molecule has 0 bridgehead atoms. The zero-order chi connectivity index (χ0) is 42.8. The quantitative estimate of drug-likeness (QED) is 0.135. The van der Waals surface area contributed by atoms with Crippen LogP contribution in [0.15, 0.2) is 97.5 Å². The molecule has 3 heterocycles. The second kappa shape index (κ2) is 17.0. The van der Waals surface area contributed by atoms with E-state index >= 15 is 0 Å². The summed E-state index contributed by atoms with van der Waals surface area (Å²) in [6, 6.07) is 36.5.